The average molecular weight is 183 g/mol. The molecule has 0 bridgehead atoms. The first-order chi connectivity index (χ1) is 6.31. The van der Waals surface area contributed by atoms with E-state index in [9.17, 15) is 4.79 Å². The molecule has 2 heterocycles. The minimum atomic E-state index is 0.270. The summed E-state index contributed by atoms with van der Waals surface area (Å²) in [6.07, 6.45) is 0. The van der Waals surface area contributed by atoms with E-state index < -0.39 is 0 Å². The van der Waals surface area contributed by atoms with Crippen LogP contribution in [-0.4, -0.2) is 61.0 Å². The van der Waals surface area contributed by atoms with Crippen molar-refractivity contribution in [2.24, 2.45) is 0 Å². The molecule has 2 rings (SSSR count). The van der Waals surface area contributed by atoms with E-state index in [2.05, 4.69) is 17.1 Å². The van der Waals surface area contributed by atoms with Gasteiger partial charge >= 0.3 is 0 Å². The minimum absolute atomic E-state index is 0.270. The minimum Gasteiger partial charge on any atom is -0.335 e. The molecule has 4 heteroatoms. The first-order valence-corrected chi connectivity index (χ1v) is 5.04. The summed E-state index contributed by atoms with van der Waals surface area (Å²) in [5.41, 5.74) is 0. The van der Waals surface area contributed by atoms with Gasteiger partial charge in [0.25, 0.3) is 0 Å². The van der Waals surface area contributed by atoms with Crippen molar-refractivity contribution in [1.82, 2.24) is 15.1 Å². The Morgan fingerprint density at radius 1 is 1.54 bits per heavy atom. The highest BCUT2D eigenvalue weighted by molar-refractivity contribution is 5.79. The molecule has 0 spiro atoms. The Bertz CT molecular complexity index is 207. The highest BCUT2D eigenvalue weighted by Gasteiger charge is 2.32. The van der Waals surface area contributed by atoms with Crippen LogP contribution in [0.2, 0.25) is 0 Å². The lowest BCUT2D eigenvalue weighted by Crippen LogP contribution is -2.63. The second kappa shape index (κ2) is 3.64. The number of carbonyl (C=O) groups excluding carboxylic acids is 1. The Morgan fingerprint density at radius 3 is 3.15 bits per heavy atom. The van der Waals surface area contributed by atoms with Crippen LogP contribution in [-0.2, 0) is 4.79 Å². The fraction of sp³-hybridized carbons (Fsp3) is 0.889. The van der Waals surface area contributed by atoms with Gasteiger partial charge in [-0.2, -0.15) is 0 Å². The van der Waals surface area contributed by atoms with Gasteiger partial charge in [0.05, 0.1) is 12.6 Å². The molecule has 0 aromatic carbocycles. The largest absolute Gasteiger partial charge is 0.335 e. The number of rotatable bonds is 1. The molecular weight excluding hydrogens is 166 g/mol. The molecule has 13 heavy (non-hydrogen) atoms. The van der Waals surface area contributed by atoms with E-state index in [0.717, 1.165) is 32.7 Å². The van der Waals surface area contributed by atoms with Crippen molar-refractivity contribution in [2.75, 3.05) is 39.3 Å². The molecule has 2 fully saturated rings. The van der Waals surface area contributed by atoms with Crippen LogP contribution in [0.1, 0.15) is 6.92 Å². The van der Waals surface area contributed by atoms with Crippen LogP contribution in [0.4, 0.5) is 0 Å². The Hall–Kier alpha value is -0.610. The lowest BCUT2D eigenvalue weighted by Gasteiger charge is -2.43. The van der Waals surface area contributed by atoms with Crippen LogP contribution in [0.3, 0.4) is 0 Å². The Kier molecular flexibility index (Phi) is 2.51. The Morgan fingerprint density at radius 2 is 2.38 bits per heavy atom. The second-order valence-electron chi connectivity index (χ2n) is 3.77. The van der Waals surface area contributed by atoms with Crippen LogP contribution < -0.4 is 5.32 Å². The van der Waals surface area contributed by atoms with E-state index >= 15 is 0 Å². The lowest BCUT2D eigenvalue weighted by atomic mass is 10.1. The van der Waals surface area contributed by atoms with Crippen LogP contribution in [0.5, 0.6) is 0 Å². The van der Waals surface area contributed by atoms with Gasteiger partial charge in [-0.05, 0) is 6.54 Å². The van der Waals surface area contributed by atoms with Gasteiger partial charge in [-0.3, -0.25) is 9.69 Å². The van der Waals surface area contributed by atoms with Gasteiger partial charge in [-0.15, -0.1) is 0 Å². The zero-order valence-electron chi connectivity index (χ0n) is 8.12. The molecule has 0 aliphatic carbocycles. The zero-order chi connectivity index (χ0) is 9.26. The Labute approximate surface area is 78.9 Å². The van der Waals surface area contributed by atoms with E-state index in [4.69, 9.17) is 0 Å². The summed E-state index contributed by atoms with van der Waals surface area (Å²) >= 11 is 0. The van der Waals surface area contributed by atoms with Crippen molar-refractivity contribution < 1.29 is 4.79 Å². The van der Waals surface area contributed by atoms with Gasteiger partial charge < -0.3 is 10.2 Å². The number of nitrogens with zero attached hydrogens (tertiary/aromatic N) is 2. The van der Waals surface area contributed by atoms with Gasteiger partial charge in [-0.1, -0.05) is 6.92 Å². The maximum atomic E-state index is 11.5. The maximum absolute atomic E-state index is 11.5. The van der Waals surface area contributed by atoms with Crippen molar-refractivity contribution in [3.8, 4) is 0 Å². The molecular formula is C9H17N3O. The number of hydrogen-bond donors (Lipinski definition) is 1. The smallest absolute Gasteiger partial charge is 0.236 e. The summed E-state index contributed by atoms with van der Waals surface area (Å²) in [6.45, 7) is 7.75. The number of likely N-dealkylation sites (N-methyl/N-ethyl adjacent to an activating group) is 1. The monoisotopic (exact) mass is 183 g/mol. The topological polar surface area (TPSA) is 35.6 Å². The van der Waals surface area contributed by atoms with Crippen LogP contribution in [0, 0.1) is 0 Å². The van der Waals surface area contributed by atoms with Gasteiger partial charge in [0.15, 0.2) is 0 Å². The van der Waals surface area contributed by atoms with Gasteiger partial charge in [-0.25, -0.2) is 0 Å². The summed E-state index contributed by atoms with van der Waals surface area (Å²) in [5.74, 6) is 0.270. The van der Waals surface area contributed by atoms with E-state index in [1.165, 1.54) is 0 Å². The van der Waals surface area contributed by atoms with Crippen molar-refractivity contribution in [3.05, 3.63) is 0 Å². The molecule has 0 aromatic rings. The molecule has 2 saturated heterocycles. The quantitative estimate of drug-likeness (QED) is 0.573. The maximum Gasteiger partial charge on any atom is 0.236 e. The fourth-order valence-electron chi connectivity index (χ4n) is 2.16. The molecule has 2 aliphatic heterocycles. The molecule has 2 aliphatic rings. The number of hydrogen-bond acceptors (Lipinski definition) is 3. The van der Waals surface area contributed by atoms with Crippen LogP contribution in [0.25, 0.3) is 0 Å². The predicted molar refractivity (Wildman–Crippen MR) is 50.5 cm³/mol. The van der Waals surface area contributed by atoms with Crippen LogP contribution >= 0.6 is 0 Å². The SMILES string of the molecule is CCN1CCN2C(=O)CNCC2C1. The molecule has 1 N–H and O–H groups in total. The first-order valence-electron chi connectivity index (χ1n) is 5.04. The normalized spacial score (nSPS) is 30.4. The highest BCUT2D eigenvalue weighted by atomic mass is 16.2. The molecule has 0 saturated carbocycles. The number of amides is 1. The summed E-state index contributed by atoms with van der Waals surface area (Å²) in [7, 11) is 0. The zero-order valence-corrected chi connectivity index (χ0v) is 8.12. The molecule has 1 unspecified atom stereocenters. The third kappa shape index (κ3) is 1.69. The molecule has 74 valence electrons. The third-order valence-corrected chi connectivity index (χ3v) is 2.99. The molecule has 0 aromatic heterocycles. The number of piperazine rings is 2. The number of nitrogens with one attached hydrogen (secondary N) is 1. The molecule has 1 amide bonds. The molecule has 1 atom stereocenters. The fourth-order valence-corrected chi connectivity index (χ4v) is 2.16. The van der Waals surface area contributed by atoms with Crippen molar-refractivity contribution in [3.63, 3.8) is 0 Å². The van der Waals surface area contributed by atoms with Crippen LogP contribution in [0.15, 0.2) is 0 Å². The summed E-state index contributed by atoms with van der Waals surface area (Å²) in [4.78, 5) is 15.9. The number of carbonyl (C=O) groups is 1. The molecule has 4 nitrogen and oxygen atoms in total. The van der Waals surface area contributed by atoms with Gasteiger partial charge in [0, 0.05) is 26.2 Å². The average Bonchev–Trinajstić information content (AvgIpc) is 2.18. The van der Waals surface area contributed by atoms with E-state index in [1.54, 1.807) is 0 Å². The van der Waals surface area contributed by atoms with Gasteiger partial charge in [0.2, 0.25) is 5.91 Å². The first kappa shape index (κ1) is 8.97. The second-order valence-corrected chi connectivity index (χ2v) is 3.77. The van der Waals surface area contributed by atoms with Crippen molar-refractivity contribution >= 4 is 5.91 Å². The lowest BCUT2D eigenvalue weighted by molar-refractivity contribution is -0.137. The van der Waals surface area contributed by atoms with E-state index in [0.29, 0.717) is 12.6 Å². The number of fused-ring (bicyclic) bond motifs is 1. The summed E-state index contributed by atoms with van der Waals surface area (Å²) in [6, 6.07) is 0.412. The summed E-state index contributed by atoms with van der Waals surface area (Å²) in [5, 5.41) is 3.16. The predicted octanol–water partition coefficient (Wildman–Crippen LogP) is -0.878. The van der Waals surface area contributed by atoms with Gasteiger partial charge in [0.1, 0.15) is 0 Å². The van der Waals surface area contributed by atoms with E-state index in [1.807, 2.05) is 4.90 Å². The molecule has 0 radical (unpaired) electrons. The third-order valence-electron chi connectivity index (χ3n) is 2.99. The van der Waals surface area contributed by atoms with E-state index in [-0.39, 0.29) is 5.91 Å². The Balaban J connectivity index is 1.99. The van der Waals surface area contributed by atoms with Crippen molar-refractivity contribution in [1.29, 1.82) is 0 Å². The highest BCUT2D eigenvalue weighted by Crippen LogP contribution is 2.11. The van der Waals surface area contributed by atoms with Crippen molar-refractivity contribution in [2.45, 2.75) is 13.0 Å². The summed E-state index contributed by atoms with van der Waals surface area (Å²) < 4.78 is 0. The standard InChI is InChI=1S/C9H17N3O/c1-2-11-3-4-12-8(7-11)5-10-6-9(12)13/h8,10H,2-7H2,1H3.